The van der Waals surface area contributed by atoms with E-state index in [9.17, 15) is 13.9 Å². The van der Waals surface area contributed by atoms with E-state index < -0.39 is 17.7 Å². The Balaban J connectivity index is 1.69. The third kappa shape index (κ3) is 3.47. The van der Waals surface area contributed by atoms with E-state index in [1.807, 2.05) is 6.92 Å². The maximum atomic E-state index is 13.2. The molecule has 118 valence electrons. The highest BCUT2D eigenvalue weighted by Gasteiger charge is 2.33. The first-order valence-corrected chi connectivity index (χ1v) is 8.05. The van der Waals surface area contributed by atoms with Gasteiger partial charge >= 0.3 is 0 Å². The number of aliphatic hydroxyl groups excluding tert-OH is 1. The van der Waals surface area contributed by atoms with Gasteiger partial charge in [0.1, 0.15) is 6.33 Å². The summed E-state index contributed by atoms with van der Waals surface area (Å²) in [7, 11) is 0. The molecule has 3 rings (SSSR count). The maximum Gasteiger partial charge on any atom is 0.191 e. The van der Waals surface area contributed by atoms with Crippen molar-refractivity contribution in [3.05, 3.63) is 36.2 Å². The average molecular weight is 325 g/mol. The van der Waals surface area contributed by atoms with Gasteiger partial charge in [-0.3, -0.25) is 0 Å². The van der Waals surface area contributed by atoms with Crippen molar-refractivity contribution in [2.24, 2.45) is 11.8 Å². The number of rotatable bonds is 6. The number of benzene rings is 1. The van der Waals surface area contributed by atoms with Crippen LogP contribution in [-0.2, 0) is 6.54 Å². The molecule has 2 unspecified atom stereocenters. The third-order valence-corrected chi connectivity index (χ3v) is 5.00. The van der Waals surface area contributed by atoms with E-state index in [1.54, 1.807) is 4.68 Å². The summed E-state index contributed by atoms with van der Waals surface area (Å²) in [6, 6.07) is 3.70. The fourth-order valence-electron chi connectivity index (χ4n) is 2.38. The van der Waals surface area contributed by atoms with E-state index in [-0.39, 0.29) is 5.92 Å². The maximum absolute atomic E-state index is 13.2. The van der Waals surface area contributed by atoms with Gasteiger partial charge in [0.15, 0.2) is 16.8 Å². The lowest BCUT2D eigenvalue weighted by Gasteiger charge is -2.18. The van der Waals surface area contributed by atoms with Crippen LogP contribution < -0.4 is 0 Å². The molecule has 4 nitrogen and oxygen atoms in total. The fourth-order valence-corrected chi connectivity index (χ4v) is 3.22. The van der Waals surface area contributed by atoms with Crippen LogP contribution in [0, 0.1) is 23.5 Å². The lowest BCUT2D eigenvalue weighted by atomic mass is 9.99. The van der Waals surface area contributed by atoms with E-state index in [2.05, 4.69) is 10.1 Å². The Bertz CT molecular complexity index is 660. The van der Waals surface area contributed by atoms with Crippen LogP contribution in [-0.4, -0.2) is 26.0 Å². The summed E-state index contributed by atoms with van der Waals surface area (Å²) < 4.78 is 27.8. The molecule has 1 fully saturated rings. The van der Waals surface area contributed by atoms with Crippen molar-refractivity contribution in [2.45, 2.75) is 42.5 Å². The number of hydrogen-bond donors (Lipinski definition) is 1. The highest BCUT2D eigenvalue weighted by molar-refractivity contribution is 7.99. The second-order valence-corrected chi connectivity index (χ2v) is 6.71. The van der Waals surface area contributed by atoms with Crippen LogP contribution in [0.1, 0.15) is 19.8 Å². The van der Waals surface area contributed by atoms with Gasteiger partial charge in [0.25, 0.3) is 0 Å². The molecule has 0 amide bonds. The van der Waals surface area contributed by atoms with Crippen LogP contribution >= 0.6 is 11.8 Å². The molecular weight excluding hydrogens is 308 g/mol. The summed E-state index contributed by atoms with van der Waals surface area (Å²) >= 11 is 1.19. The van der Waals surface area contributed by atoms with Crippen molar-refractivity contribution in [1.29, 1.82) is 0 Å². The molecule has 1 aromatic heterocycles. The molecule has 2 atom stereocenters. The van der Waals surface area contributed by atoms with Gasteiger partial charge in [-0.2, -0.15) is 5.10 Å². The first-order chi connectivity index (χ1) is 10.5. The Labute approximate surface area is 131 Å². The van der Waals surface area contributed by atoms with Crippen molar-refractivity contribution in [3.63, 3.8) is 0 Å². The van der Waals surface area contributed by atoms with Gasteiger partial charge in [-0.05, 0) is 42.9 Å². The summed E-state index contributed by atoms with van der Waals surface area (Å²) in [6.07, 6.45) is 3.26. The molecule has 0 aliphatic heterocycles. The minimum atomic E-state index is -0.890. The van der Waals surface area contributed by atoms with Crippen LogP contribution in [0.4, 0.5) is 8.78 Å². The molecule has 1 aliphatic carbocycles. The molecule has 2 aromatic rings. The van der Waals surface area contributed by atoms with Crippen molar-refractivity contribution >= 4 is 11.8 Å². The molecule has 1 aliphatic rings. The predicted molar refractivity (Wildman–Crippen MR) is 78.4 cm³/mol. The zero-order valence-corrected chi connectivity index (χ0v) is 12.9. The Kier molecular flexibility index (Phi) is 4.44. The summed E-state index contributed by atoms with van der Waals surface area (Å²) in [5, 5.41) is 14.9. The van der Waals surface area contributed by atoms with E-state index in [4.69, 9.17) is 0 Å². The van der Waals surface area contributed by atoms with Gasteiger partial charge in [0, 0.05) is 4.90 Å². The third-order valence-electron chi connectivity index (χ3n) is 4.01. The van der Waals surface area contributed by atoms with Crippen LogP contribution in [0.3, 0.4) is 0 Å². The largest absolute Gasteiger partial charge is 0.391 e. The number of aliphatic hydroxyl groups is 1. The highest BCUT2D eigenvalue weighted by Crippen LogP contribution is 2.38. The smallest absolute Gasteiger partial charge is 0.191 e. The molecule has 1 heterocycles. The van der Waals surface area contributed by atoms with Gasteiger partial charge in [-0.25, -0.2) is 18.4 Å². The average Bonchev–Trinajstić information content (AvgIpc) is 3.25. The van der Waals surface area contributed by atoms with E-state index in [1.165, 1.54) is 37.0 Å². The molecule has 0 spiro atoms. The van der Waals surface area contributed by atoms with Crippen molar-refractivity contribution < 1.29 is 13.9 Å². The van der Waals surface area contributed by atoms with Crippen molar-refractivity contribution in [3.8, 4) is 0 Å². The van der Waals surface area contributed by atoms with Crippen LogP contribution in [0.15, 0.2) is 34.6 Å². The van der Waals surface area contributed by atoms with Crippen LogP contribution in [0.5, 0.6) is 0 Å². The zero-order chi connectivity index (χ0) is 15.7. The molecule has 1 saturated carbocycles. The summed E-state index contributed by atoms with van der Waals surface area (Å²) in [5.74, 6) is -0.941. The quantitative estimate of drug-likeness (QED) is 0.886. The summed E-state index contributed by atoms with van der Waals surface area (Å²) in [5.41, 5.74) is 0. The number of hydrogen-bond acceptors (Lipinski definition) is 4. The summed E-state index contributed by atoms with van der Waals surface area (Å²) in [4.78, 5) is 4.66. The van der Waals surface area contributed by atoms with Crippen molar-refractivity contribution in [1.82, 2.24) is 14.8 Å². The van der Waals surface area contributed by atoms with Gasteiger partial charge in [-0.1, -0.05) is 18.7 Å². The fraction of sp³-hybridized carbons (Fsp3) is 0.467. The first kappa shape index (κ1) is 15.4. The number of halogens is 2. The van der Waals surface area contributed by atoms with Crippen molar-refractivity contribution in [2.75, 3.05) is 0 Å². The number of nitrogens with zero attached hydrogens (tertiary/aromatic N) is 3. The Hall–Kier alpha value is -1.47. The van der Waals surface area contributed by atoms with Gasteiger partial charge in [0.05, 0.1) is 12.6 Å². The predicted octanol–water partition coefficient (Wildman–Crippen LogP) is 3.11. The molecule has 0 bridgehead atoms. The van der Waals surface area contributed by atoms with Gasteiger partial charge in [0.2, 0.25) is 0 Å². The summed E-state index contributed by atoms with van der Waals surface area (Å²) in [6.45, 7) is 2.39. The Morgan fingerprint density at radius 2 is 2.14 bits per heavy atom. The zero-order valence-electron chi connectivity index (χ0n) is 12.1. The Morgan fingerprint density at radius 3 is 2.82 bits per heavy atom. The minimum absolute atomic E-state index is 0.227. The lowest BCUT2D eigenvalue weighted by molar-refractivity contribution is 0.0815. The number of aromatic nitrogens is 3. The molecule has 0 radical (unpaired) electrons. The Morgan fingerprint density at radius 1 is 1.36 bits per heavy atom. The van der Waals surface area contributed by atoms with Crippen LogP contribution in [0.2, 0.25) is 0 Å². The monoisotopic (exact) mass is 325 g/mol. The van der Waals surface area contributed by atoms with Crippen LogP contribution in [0.25, 0.3) is 0 Å². The first-order valence-electron chi connectivity index (χ1n) is 7.23. The van der Waals surface area contributed by atoms with E-state index >= 15 is 0 Å². The SMILES string of the molecule is CC(C(O)Cn1ncnc1Sc1ccc(F)c(F)c1)C1CC1. The molecular formula is C15H17F2N3OS. The topological polar surface area (TPSA) is 50.9 Å². The molecule has 1 N–H and O–H groups in total. The normalized spacial score (nSPS) is 17.5. The standard InChI is InChI=1S/C15H17F2N3OS/c1-9(10-2-3-10)14(21)7-20-15(18-8-19-20)22-11-4-5-12(16)13(17)6-11/h4-6,8-10,14,21H,2-3,7H2,1H3. The molecule has 0 saturated heterocycles. The van der Waals surface area contributed by atoms with E-state index in [0.717, 1.165) is 12.1 Å². The van der Waals surface area contributed by atoms with Gasteiger partial charge in [-0.15, -0.1) is 0 Å². The second-order valence-electron chi connectivity index (χ2n) is 5.67. The molecule has 7 heteroatoms. The highest BCUT2D eigenvalue weighted by atomic mass is 32.2. The van der Waals surface area contributed by atoms with Gasteiger partial charge < -0.3 is 5.11 Å². The second kappa shape index (κ2) is 6.34. The lowest BCUT2D eigenvalue weighted by Crippen LogP contribution is -2.26. The minimum Gasteiger partial charge on any atom is -0.391 e. The van der Waals surface area contributed by atoms with E-state index in [0.29, 0.717) is 22.5 Å². The molecule has 1 aromatic carbocycles. The molecule has 22 heavy (non-hydrogen) atoms.